The molecule has 48 heavy (non-hydrogen) atoms. The SMILES string of the molecule is CC(C)c1cccc(C(C)C)c1-n1c2c(c3cc4cc5c6ccccc6n(-c6c(C(C)C)cccc6C(C)C)c5cc4cc31)CCC=C2. The van der Waals surface area contributed by atoms with Gasteiger partial charge in [-0.15, -0.1) is 0 Å². The Kier molecular flexibility index (Phi) is 7.40. The highest BCUT2D eigenvalue weighted by molar-refractivity contribution is 6.15. The molecule has 0 saturated heterocycles. The van der Waals surface area contributed by atoms with Crippen LogP contribution in [0.1, 0.15) is 119 Å². The molecule has 0 radical (unpaired) electrons. The summed E-state index contributed by atoms with van der Waals surface area (Å²) in [7, 11) is 0. The molecule has 7 aromatic rings. The van der Waals surface area contributed by atoms with E-state index in [0.717, 1.165) is 12.8 Å². The standard InChI is InChI=1S/C46H48N2/c1-27(2)33-17-13-18-34(28(3)4)45(33)47-41-21-11-9-15-37(41)39-23-31-24-40-38-16-10-12-22-42(38)48(44(40)26-32(31)25-43(39)47)46-35(29(5)6)19-14-20-36(46)30(7)8/h9,11-15,17-30H,10,16H2,1-8H3. The topological polar surface area (TPSA) is 9.86 Å². The fourth-order valence-corrected chi connectivity index (χ4v) is 8.46. The van der Waals surface area contributed by atoms with Gasteiger partial charge in [0, 0.05) is 21.9 Å². The highest BCUT2D eigenvalue weighted by Crippen LogP contribution is 2.44. The minimum absolute atomic E-state index is 0.411. The van der Waals surface area contributed by atoms with E-state index in [0.29, 0.717) is 23.7 Å². The first kappa shape index (κ1) is 30.8. The fraction of sp³-hybridized carbons (Fsp3) is 0.304. The van der Waals surface area contributed by atoms with E-state index in [2.05, 4.69) is 162 Å². The Balaban J connectivity index is 1.52. The van der Waals surface area contributed by atoms with Crippen LogP contribution in [0.4, 0.5) is 0 Å². The van der Waals surface area contributed by atoms with Gasteiger partial charge < -0.3 is 9.13 Å². The van der Waals surface area contributed by atoms with E-state index in [9.17, 15) is 0 Å². The van der Waals surface area contributed by atoms with Crippen LogP contribution < -0.4 is 0 Å². The maximum atomic E-state index is 2.62. The van der Waals surface area contributed by atoms with Crippen LogP contribution in [0.2, 0.25) is 0 Å². The van der Waals surface area contributed by atoms with Crippen molar-refractivity contribution in [1.82, 2.24) is 9.13 Å². The normalized spacial score (nSPS) is 13.5. The smallest absolute Gasteiger partial charge is 0.0547 e. The molecule has 0 spiro atoms. The second-order valence-corrected chi connectivity index (χ2v) is 15.3. The number of benzene rings is 5. The molecular formula is C46H48N2. The first-order valence-electron chi connectivity index (χ1n) is 18.1. The minimum atomic E-state index is 0.411. The molecule has 2 heterocycles. The van der Waals surface area contributed by atoms with Crippen LogP contribution in [0, 0.1) is 0 Å². The zero-order valence-corrected chi connectivity index (χ0v) is 29.9. The van der Waals surface area contributed by atoms with E-state index in [1.165, 1.54) is 88.4 Å². The Morgan fingerprint density at radius 1 is 0.479 bits per heavy atom. The summed E-state index contributed by atoms with van der Waals surface area (Å²) in [6, 6.07) is 32.8. The molecule has 1 aliphatic carbocycles. The average Bonchev–Trinajstić information content (AvgIpc) is 3.56. The van der Waals surface area contributed by atoms with Crippen LogP contribution in [0.25, 0.3) is 60.9 Å². The number of rotatable bonds is 6. The molecule has 0 saturated carbocycles. The highest BCUT2D eigenvalue weighted by Gasteiger charge is 2.25. The summed E-state index contributed by atoms with van der Waals surface area (Å²) >= 11 is 0. The summed E-state index contributed by atoms with van der Waals surface area (Å²) in [6.45, 7) is 18.7. The third kappa shape index (κ3) is 4.60. The third-order valence-corrected chi connectivity index (χ3v) is 10.8. The molecule has 0 aliphatic heterocycles. The predicted octanol–water partition coefficient (Wildman–Crippen LogP) is 13.3. The molecule has 1 aliphatic rings. The fourth-order valence-electron chi connectivity index (χ4n) is 8.46. The summed E-state index contributed by atoms with van der Waals surface area (Å²) in [4.78, 5) is 0. The van der Waals surface area contributed by atoms with Crippen LogP contribution >= 0.6 is 0 Å². The van der Waals surface area contributed by atoms with Gasteiger partial charge in [-0.3, -0.25) is 0 Å². The van der Waals surface area contributed by atoms with E-state index in [1.807, 2.05) is 0 Å². The summed E-state index contributed by atoms with van der Waals surface area (Å²) in [6.07, 6.45) is 6.92. The van der Waals surface area contributed by atoms with Gasteiger partial charge >= 0.3 is 0 Å². The van der Waals surface area contributed by atoms with Crippen LogP contribution in [0.3, 0.4) is 0 Å². The minimum Gasteiger partial charge on any atom is -0.309 e. The van der Waals surface area contributed by atoms with Gasteiger partial charge in [-0.2, -0.15) is 0 Å². The molecule has 0 bridgehead atoms. The van der Waals surface area contributed by atoms with Crippen molar-refractivity contribution in [1.29, 1.82) is 0 Å². The molecule has 242 valence electrons. The number of aryl methyl sites for hydroxylation is 1. The Bertz CT molecular complexity index is 2350. The molecule has 0 amide bonds. The molecule has 2 aromatic heterocycles. The molecular weight excluding hydrogens is 581 g/mol. The van der Waals surface area contributed by atoms with Crippen molar-refractivity contribution in [3.63, 3.8) is 0 Å². The van der Waals surface area contributed by atoms with Crippen molar-refractivity contribution in [3.8, 4) is 11.4 Å². The number of aromatic nitrogens is 2. The quantitative estimate of drug-likeness (QED) is 0.173. The van der Waals surface area contributed by atoms with Crippen molar-refractivity contribution in [2.45, 2.75) is 91.9 Å². The number of nitrogens with zero attached hydrogens (tertiary/aromatic N) is 2. The Morgan fingerprint density at radius 3 is 1.56 bits per heavy atom. The van der Waals surface area contributed by atoms with E-state index in [-0.39, 0.29) is 0 Å². The molecule has 5 aromatic carbocycles. The lowest BCUT2D eigenvalue weighted by Crippen LogP contribution is -2.09. The maximum absolute atomic E-state index is 2.62. The van der Waals surface area contributed by atoms with Gasteiger partial charge in [0.05, 0.1) is 27.9 Å². The molecule has 0 N–H and O–H groups in total. The Morgan fingerprint density at radius 2 is 0.979 bits per heavy atom. The zero-order valence-electron chi connectivity index (χ0n) is 29.9. The van der Waals surface area contributed by atoms with Gasteiger partial charge in [0.1, 0.15) is 0 Å². The van der Waals surface area contributed by atoms with Crippen LogP contribution in [-0.2, 0) is 6.42 Å². The summed E-state index contributed by atoms with van der Waals surface area (Å²) in [5, 5.41) is 6.64. The molecule has 2 nitrogen and oxygen atoms in total. The van der Waals surface area contributed by atoms with Crippen molar-refractivity contribution < 1.29 is 0 Å². The molecule has 8 rings (SSSR count). The van der Waals surface area contributed by atoms with Crippen molar-refractivity contribution in [3.05, 3.63) is 125 Å². The largest absolute Gasteiger partial charge is 0.309 e. The number of hydrogen-bond acceptors (Lipinski definition) is 0. The van der Waals surface area contributed by atoms with E-state index >= 15 is 0 Å². The van der Waals surface area contributed by atoms with Gasteiger partial charge in [0.2, 0.25) is 0 Å². The van der Waals surface area contributed by atoms with Gasteiger partial charge in [-0.1, -0.05) is 116 Å². The summed E-state index contributed by atoms with van der Waals surface area (Å²) in [5.41, 5.74) is 15.1. The van der Waals surface area contributed by atoms with E-state index < -0.39 is 0 Å². The zero-order chi connectivity index (χ0) is 33.4. The van der Waals surface area contributed by atoms with Crippen molar-refractivity contribution >= 4 is 49.6 Å². The second-order valence-electron chi connectivity index (χ2n) is 15.3. The van der Waals surface area contributed by atoms with Crippen molar-refractivity contribution in [2.24, 2.45) is 0 Å². The predicted molar refractivity (Wildman–Crippen MR) is 209 cm³/mol. The third-order valence-electron chi connectivity index (χ3n) is 10.8. The van der Waals surface area contributed by atoms with Crippen LogP contribution in [0.5, 0.6) is 0 Å². The number of fused-ring (bicyclic) bond motifs is 7. The molecule has 0 fully saturated rings. The maximum Gasteiger partial charge on any atom is 0.0547 e. The monoisotopic (exact) mass is 628 g/mol. The summed E-state index contributed by atoms with van der Waals surface area (Å²) < 4.78 is 5.20. The number of para-hydroxylation sites is 3. The highest BCUT2D eigenvalue weighted by atomic mass is 15.0. The molecule has 0 atom stereocenters. The van der Waals surface area contributed by atoms with Gasteiger partial charge in [0.25, 0.3) is 0 Å². The Labute approximate surface area is 285 Å². The first-order valence-corrected chi connectivity index (χ1v) is 18.1. The van der Waals surface area contributed by atoms with Gasteiger partial charge in [-0.05, 0) is 112 Å². The summed E-state index contributed by atoms with van der Waals surface area (Å²) in [5.74, 6) is 1.67. The Hall–Kier alpha value is -4.56. The lowest BCUT2D eigenvalue weighted by atomic mass is 9.92. The van der Waals surface area contributed by atoms with Crippen molar-refractivity contribution in [2.75, 3.05) is 0 Å². The number of allylic oxidation sites excluding steroid dienone is 1. The average molecular weight is 629 g/mol. The van der Waals surface area contributed by atoms with Gasteiger partial charge in [0.15, 0.2) is 0 Å². The van der Waals surface area contributed by atoms with Crippen LogP contribution in [-0.4, -0.2) is 9.13 Å². The first-order chi connectivity index (χ1) is 23.2. The van der Waals surface area contributed by atoms with E-state index in [1.54, 1.807) is 0 Å². The van der Waals surface area contributed by atoms with Gasteiger partial charge in [-0.25, -0.2) is 0 Å². The lowest BCUT2D eigenvalue weighted by molar-refractivity contribution is 0.807. The lowest BCUT2D eigenvalue weighted by Gasteiger charge is -2.23. The molecule has 0 unspecified atom stereocenters. The second kappa shape index (κ2) is 11.5. The number of hydrogen-bond donors (Lipinski definition) is 0. The van der Waals surface area contributed by atoms with Crippen LogP contribution in [0.15, 0.2) is 91.0 Å². The van der Waals surface area contributed by atoms with E-state index in [4.69, 9.17) is 0 Å². The molecule has 2 heteroatoms.